The lowest BCUT2D eigenvalue weighted by atomic mass is 9.98. The number of rotatable bonds is 4. The first-order chi connectivity index (χ1) is 14.9. The molecule has 0 spiro atoms. The third-order valence-corrected chi connectivity index (χ3v) is 7.10. The normalized spacial score (nSPS) is 15.7. The molecule has 1 aromatic heterocycles. The predicted molar refractivity (Wildman–Crippen MR) is 128 cm³/mol. The lowest BCUT2D eigenvalue weighted by Crippen LogP contribution is -2.43. The van der Waals surface area contributed by atoms with Crippen LogP contribution in [0.15, 0.2) is 61.8 Å². The maximum Gasteiger partial charge on any atom is 0.329 e. The Morgan fingerprint density at radius 3 is 2.81 bits per heavy atom. The number of imide groups is 1. The van der Waals surface area contributed by atoms with Gasteiger partial charge in [-0.25, -0.2) is 14.7 Å². The van der Waals surface area contributed by atoms with Crippen molar-refractivity contribution in [2.45, 2.75) is 12.8 Å². The summed E-state index contributed by atoms with van der Waals surface area (Å²) in [4.78, 5) is 42.7. The Bertz CT molecular complexity index is 1140. The van der Waals surface area contributed by atoms with Crippen molar-refractivity contribution in [3.05, 3.63) is 72.9 Å². The van der Waals surface area contributed by atoms with Crippen LogP contribution in [0.1, 0.15) is 22.3 Å². The highest BCUT2D eigenvalue weighted by atomic mass is 79.9. The number of fused-ring (bicyclic) bond motifs is 1. The summed E-state index contributed by atoms with van der Waals surface area (Å²) in [6.45, 7) is 0. The highest BCUT2D eigenvalue weighted by Gasteiger charge is 2.33. The van der Waals surface area contributed by atoms with Crippen LogP contribution in [0.4, 0.5) is 16.3 Å². The van der Waals surface area contributed by atoms with Crippen LogP contribution in [0.25, 0.3) is 0 Å². The first kappa shape index (κ1) is 21.9. The number of allylic oxidation sites excluding steroid dienone is 2. The Hall–Kier alpha value is -2.27. The van der Waals surface area contributed by atoms with Crippen molar-refractivity contribution in [1.82, 2.24) is 9.71 Å². The Morgan fingerprint density at radius 1 is 1.23 bits per heavy atom. The van der Waals surface area contributed by atoms with Gasteiger partial charge in [0.25, 0.3) is 5.91 Å². The van der Waals surface area contributed by atoms with Gasteiger partial charge in [-0.1, -0.05) is 57.5 Å². The van der Waals surface area contributed by atoms with Crippen molar-refractivity contribution in [2.75, 3.05) is 10.2 Å². The number of halogens is 2. The van der Waals surface area contributed by atoms with Crippen molar-refractivity contribution in [3.63, 3.8) is 0 Å². The second-order valence-electron chi connectivity index (χ2n) is 6.45. The molecule has 4 amide bonds. The minimum atomic E-state index is -0.435. The van der Waals surface area contributed by atoms with E-state index in [9.17, 15) is 14.4 Å². The lowest BCUT2D eigenvalue weighted by molar-refractivity contribution is -0.117. The number of aromatic nitrogens is 1. The average Bonchev–Trinajstić information content (AvgIpc) is 2.74. The molecule has 2 aromatic rings. The van der Waals surface area contributed by atoms with Gasteiger partial charge in [0, 0.05) is 10.0 Å². The van der Waals surface area contributed by atoms with E-state index in [4.69, 9.17) is 11.6 Å². The number of benzene rings is 1. The van der Waals surface area contributed by atoms with E-state index in [2.05, 4.69) is 31.0 Å². The molecular weight excluding hydrogens is 524 g/mol. The number of hydrogen-bond acceptors (Lipinski definition) is 6. The first-order valence-corrected chi connectivity index (χ1v) is 11.8. The number of amides is 4. The van der Waals surface area contributed by atoms with E-state index in [-0.39, 0.29) is 18.1 Å². The zero-order valence-electron chi connectivity index (χ0n) is 15.7. The van der Waals surface area contributed by atoms with Crippen LogP contribution in [0.5, 0.6) is 0 Å². The fraction of sp³-hybridized carbons (Fsp3) is 0.100. The summed E-state index contributed by atoms with van der Waals surface area (Å²) in [5.74, 6) is -0.583. The van der Waals surface area contributed by atoms with E-state index in [1.807, 2.05) is 12.2 Å². The van der Waals surface area contributed by atoms with E-state index in [1.54, 1.807) is 24.3 Å². The third-order valence-electron chi connectivity index (χ3n) is 4.34. The van der Waals surface area contributed by atoms with Crippen molar-refractivity contribution in [2.24, 2.45) is 0 Å². The van der Waals surface area contributed by atoms with Crippen LogP contribution >= 0.6 is 51.2 Å². The van der Waals surface area contributed by atoms with Gasteiger partial charge in [-0.3, -0.25) is 14.3 Å². The first-order valence-electron chi connectivity index (χ1n) is 9.00. The van der Waals surface area contributed by atoms with Gasteiger partial charge in [0.2, 0.25) is 5.91 Å². The Kier molecular flexibility index (Phi) is 6.71. The molecule has 1 aromatic carbocycles. The number of urea groups is 1. The molecule has 0 saturated carbocycles. The summed E-state index contributed by atoms with van der Waals surface area (Å²) in [6.07, 6.45) is 6.08. The van der Waals surface area contributed by atoms with Gasteiger partial charge >= 0.3 is 6.03 Å². The molecule has 0 saturated heterocycles. The average molecular weight is 538 g/mol. The number of thioether (sulfide) groups is 1. The Balaban J connectivity index is 1.40. The number of anilines is 2. The second kappa shape index (κ2) is 9.47. The molecule has 0 atom stereocenters. The fourth-order valence-electron chi connectivity index (χ4n) is 2.94. The SMILES string of the molecule is O=C(NSC1=CCC=C(Cl)S1)Nc1ccc(N2C(=O)Cc3ccc(Br)cc3C2=O)nc1. The van der Waals surface area contributed by atoms with E-state index in [1.165, 1.54) is 24.0 Å². The minimum Gasteiger partial charge on any atom is -0.306 e. The molecule has 31 heavy (non-hydrogen) atoms. The van der Waals surface area contributed by atoms with Crippen LogP contribution in [-0.2, 0) is 11.2 Å². The highest BCUT2D eigenvalue weighted by Crippen LogP contribution is 2.38. The number of pyridine rings is 1. The maximum atomic E-state index is 12.8. The molecule has 11 heteroatoms. The van der Waals surface area contributed by atoms with Crippen molar-refractivity contribution in [3.8, 4) is 0 Å². The van der Waals surface area contributed by atoms with Gasteiger partial charge in [-0.05, 0) is 48.2 Å². The fourth-order valence-corrected chi connectivity index (χ4v) is 5.32. The molecule has 0 bridgehead atoms. The second-order valence-corrected chi connectivity index (χ2v) is 10.2. The van der Waals surface area contributed by atoms with Crippen LogP contribution in [0.2, 0.25) is 0 Å². The highest BCUT2D eigenvalue weighted by molar-refractivity contribution is 9.10. The van der Waals surface area contributed by atoms with E-state index >= 15 is 0 Å². The van der Waals surface area contributed by atoms with E-state index in [0.717, 1.165) is 32.0 Å². The summed E-state index contributed by atoms with van der Waals surface area (Å²) in [5, 5.41) is 2.66. The smallest absolute Gasteiger partial charge is 0.306 e. The summed E-state index contributed by atoms with van der Waals surface area (Å²) in [5.41, 5.74) is 1.56. The van der Waals surface area contributed by atoms with Gasteiger partial charge in [-0.2, -0.15) is 0 Å². The molecular formula is C20H14BrClN4O3S2. The molecule has 0 fully saturated rings. The van der Waals surface area contributed by atoms with Gasteiger partial charge in [-0.15, -0.1) is 0 Å². The van der Waals surface area contributed by atoms with E-state index < -0.39 is 11.9 Å². The molecule has 7 nitrogen and oxygen atoms in total. The van der Waals surface area contributed by atoms with Crippen molar-refractivity contribution < 1.29 is 14.4 Å². The van der Waals surface area contributed by atoms with Gasteiger partial charge in [0.05, 0.1) is 26.9 Å². The van der Waals surface area contributed by atoms with Crippen LogP contribution in [0.3, 0.4) is 0 Å². The summed E-state index contributed by atoms with van der Waals surface area (Å²) >= 11 is 11.9. The van der Waals surface area contributed by atoms with Gasteiger partial charge in [0.15, 0.2) is 0 Å². The molecule has 0 aliphatic carbocycles. The van der Waals surface area contributed by atoms with Crippen LogP contribution in [0, 0.1) is 0 Å². The molecule has 3 heterocycles. The van der Waals surface area contributed by atoms with Crippen molar-refractivity contribution in [1.29, 1.82) is 0 Å². The largest absolute Gasteiger partial charge is 0.329 e. The zero-order valence-corrected chi connectivity index (χ0v) is 19.7. The molecule has 0 radical (unpaired) electrons. The lowest BCUT2D eigenvalue weighted by Gasteiger charge is -2.26. The third kappa shape index (κ3) is 5.15. The summed E-state index contributed by atoms with van der Waals surface area (Å²) in [6, 6.07) is 7.92. The summed E-state index contributed by atoms with van der Waals surface area (Å²) < 4.78 is 4.98. The molecule has 2 N–H and O–H groups in total. The monoisotopic (exact) mass is 536 g/mol. The standard InChI is InChI=1S/C20H14BrClN4O3S2/c21-12-5-4-11-8-17(27)26(19(28)14(11)9-12)16-7-6-13(10-23-16)24-20(29)25-31-18-3-1-2-15(22)30-18/h2-7,9-10H,1,8H2,(H2,24,25,29). The van der Waals surface area contributed by atoms with Crippen LogP contribution < -0.4 is 14.9 Å². The predicted octanol–water partition coefficient (Wildman–Crippen LogP) is 5.40. The minimum absolute atomic E-state index is 0.114. The topological polar surface area (TPSA) is 91.4 Å². The maximum absolute atomic E-state index is 12.8. The van der Waals surface area contributed by atoms with Gasteiger partial charge < -0.3 is 5.32 Å². The molecule has 4 rings (SSSR count). The molecule has 0 unspecified atom stereocenters. The zero-order chi connectivity index (χ0) is 22.0. The van der Waals surface area contributed by atoms with Crippen molar-refractivity contribution >= 4 is 80.6 Å². The number of hydrogen-bond donors (Lipinski definition) is 2. The molecule has 2 aliphatic rings. The summed E-state index contributed by atoms with van der Waals surface area (Å²) in [7, 11) is 0. The molecule has 158 valence electrons. The number of carbonyl (C=O) groups is 3. The Morgan fingerprint density at radius 2 is 2.06 bits per heavy atom. The van der Waals surface area contributed by atoms with Gasteiger partial charge in [0.1, 0.15) is 5.82 Å². The molecule has 2 aliphatic heterocycles. The number of nitrogens with one attached hydrogen (secondary N) is 2. The van der Waals surface area contributed by atoms with E-state index in [0.29, 0.717) is 21.2 Å². The quantitative estimate of drug-likeness (QED) is 0.401. The van der Waals surface area contributed by atoms with Crippen LogP contribution in [-0.4, -0.2) is 22.8 Å². The number of carbonyl (C=O) groups excluding carboxylic acids is 3. The number of nitrogens with zero attached hydrogens (tertiary/aromatic N) is 2. The Labute approximate surface area is 199 Å².